The van der Waals surface area contributed by atoms with E-state index < -0.39 is 0 Å². The molecule has 184 valence electrons. The highest BCUT2D eigenvalue weighted by molar-refractivity contribution is 5.81. The first-order valence-corrected chi connectivity index (χ1v) is 12.9. The summed E-state index contributed by atoms with van der Waals surface area (Å²) in [7, 11) is 0. The maximum absolute atomic E-state index is 12.8. The molecule has 0 saturated carbocycles. The van der Waals surface area contributed by atoms with Gasteiger partial charge in [0.15, 0.2) is 0 Å². The van der Waals surface area contributed by atoms with Crippen molar-refractivity contribution in [2.24, 2.45) is 11.7 Å². The average Bonchev–Trinajstić information content (AvgIpc) is 2.83. The van der Waals surface area contributed by atoms with Gasteiger partial charge in [-0.25, -0.2) is 0 Å². The van der Waals surface area contributed by atoms with Crippen LogP contribution in [0.4, 0.5) is 5.69 Å². The van der Waals surface area contributed by atoms with Crippen LogP contribution in [-0.2, 0) is 17.6 Å². The maximum Gasteiger partial charge on any atom is 0.239 e. The monoisotopic (exact) mass is 461 g/mol. The molecule has 1 saturated heterocycles. The minimum atomic E-state index is -0.373. The Labute approximate surface area is 206 Å². The zero-order valence-electron chi connectivity index (χ0n) is 21.5. The number of hydrogen-bond donors (Lipinski definition) is 1. The van der Waals surface area contributed by atoms with Gasteiger partial charge in [0.1, 0.15) is 0 Å². The predicted octanol–water partition coefficient (Wildman–Crippen LogP) is 5.61. The molecule has 2 N–H and O–H groups in total. The van der Waals surface area contributed by atoms with Crippen molar-refractivity contribution in [1.29, 1.82) is 0 Å². The largest absolute Gasteiger partial charge is 0.365 e. The average molecular weight is 462 g/mol. The molecule has 4 heteroatoms. The van der Waals surface area contributed by atoms with Crippen molar-refractivity contribution in [2.45, 2.75) is 71.9 Å². The van der Waals surface area contributed by atoms with Gasteiger partial charge in [-0.1, -0.05) is 68.0 Å². The van der Waals surface area contributed by atoms with Crippen LogP contribution in [0.5, 0.6) is 0 Å². The highest BCUT2D eigenvalue weighted by atomic mass is 16.2. The summed E-state index contributed by atoms with van der Waals surface area (Å²) in [5.41, 5.74) is 11.5. The van der Waals surface area contributed by atoms with Gasteiger partial charge in [0.2, 0.25) is 5.91 Å². The smallest absolute Gasteiger partial charge is 0.239 e. The lowest BCUT2D eigenvalue weighted by Gasteiger charge is -2.40. The Morgan fingerprint density at radius 1 is 1.00 bits per heavy atom. The molecular weight excluding hydrogens is 418 g/mol. The van der Waals surface area contributed by atoms with E-state index in [9.17, 15) is 4.79 Å². The Morgan fingerprint density at radius 2 is 1.59 bits per heavy atom. The third-order valence-corrected chi connectivity index (χ3v) is 6.77. The Balaban J connectivity index is 1.63. The molecule has 34 heavy (non-hydrogen) atoms. The molecule has 0 aliphatic carbocycles. The van der Waals surface area contributed by atoms with Crippen LogP contribution in [0.25, 0.3) is 0 Å². The van der Waals surface area contributed by atoms with Crippen LogP contribution in [0, 0.1) is 5.92 Å². The molecule has 1 atom stereocenters. The molecule has 1 aliphatic rings. The van der Waals surface area contributed by atoms with Crippen molar-refractivity contribution in [3.8, 4) is 0 Å². The normalized spacial score (nSPS) is 15.3. The number of nitrogens with zero attached hydrogens (tertiary/aromatic N) is 2. The van der Waals surface area contributed by atoms with Crippen molar-refractivity contribution in [1.82, 2.24) is 4.90 Å². The molecule has 0 aromatic heterocycles. The summed E-state index contributed by atoms with van der Waals surface area (Å²) in [6.45, 7) is 11.0. The molecule has 1 aliphatic heterocycles. The van der Waals surface area contributed by atoms with Crippen molar-refractivity contribution >= 4 is 11.6 Å². The summed E-state index contributed by atoms with van der Waals surface area (Å²) in [4.78, 5) is 17.3. The fraction of sp³-hybridized carbons (Fsp3) is 0.500. The summed E-state index contributed by atoms with van der Waals surface area (Å²) in [6.07, 6.45) is 7.13. The molecule has 2 aromatic rings. The van der Waals surface area contributed by atoms with E-state index in [2.05, 4.69) is 93.3 Å². The van der Waals surface area contributed by atoms with Gasteiger partial charge in [0.25, 0.3) is 0 Å². The van der Waals surface area contributed by atoms with Crippen LogP contribution < -0.4 is 10.6 Å². The maximum atomic E-state index is 12.8. The zero-order chi connectivity index (χ0) is 24.5. The van der Waals surface area contributed by atoms with Crippen LogP contribution >= 0.6 is 0 Å². The first-order valence-electron chi connectivity index (χ1n) is 12.9. The number of benzene rings is 2. The molecule has 1 amide bonds. The predicted molar refractivity (Wildman–Crippen MR) is 144 cm³/mol. The molecule has 1 fully saturated rings. The second-order valence-corrected chi connectivity index (χ2v) is 10.4. The second kappa shape index (κ2) is 12.8. The van der Waals surface area contributed by atoms with E-state index in [4.69, 9.17) is 5.73 Å². The van der Waals surface area contributed by atoms with Gasteiger partial charge in [-0.15, -0.1) is 0 Å². The number of piperidine rings is 1. The van der Waals surface area contributed by atoms with Crippen LogP contribution in [0.3, 0.4) is 0 Å². The number of aryl methyl sites for hydroxylation is 2. The number of anilines is 1. The van der Waals surface area contributed by atoms with Crippen molar-refractivity contribution in [3.05, 3.63) is 77.4 Å². The minimum absolute atomic E-state index is 0.116. The van der Waals surface area contributed by atoms with Gasteiger partial charge in [-0.2, -0.15) is 0 Å². The third kappa shape index (κ3) is 7.73. The van der Waals surface area contributed by atoms with Crippen LogP contribution in [0.1, 0.15) is 58.1 Å². The van der Waals surface area contributed by atoms with E-state index in [0.29, 0.717) is 12.0 Å². The third-order valence-electron chi connectivity index (χ3n) is 6.77. The number of likely N-dealkylation sites (tertiary alicyclic amines) is 1. The van der Waals surface area contributed by atoms with Gasteiger partial charge in [-0.3, -0.25) is 4.79 Å². The Kier molecular flexibility index (Phi) is 9.76. The Bertz CT molecular complexity index is 908. The van der Waals surface area contributed by atoms with E-state index in [1.54, 1.807) is 0 Å². The standard InChI is InChI=1S/C30H43N3O/c1-23(2)16-21-33(28-17-19-32(20-18-28)30(34)29(31)22-24(3)4)27-14-12-26(13-15-27)11-10-25-8-6-5-7-9-25/h5-9,12-16,24,28-29H,10-11,17-22,31H2,1-4H3/t29-/m0/s1. The quantitative estimate of drug-likeness (QED) is 0.468. The molecule has 0 unspecified atom stereocenters. The Morgan fingerprint density at radius 3 is 2.15 bits per heavy atom. The van der Waals surface area contributed by atoms with Crippen LogP contribution in [0.2, 0.25) is 0 Å². The van der Waals surface area contributed by atoms with Crippen molar-refractivity contribution in [3.63, 3.8) is 0 Å². The fourth-order valence-electron chi connectivity index (χ4n) is 4.77. The Hall–Kier alpha value is -2.59. The lowest BCUT2D eigenvalue weighted by Crippen LogP contribution is -2.51. The summed E-state index contributed by atoms with van der Waals surface area (Å²) in [5.74, 6) is 0.553. The van der Waals surface area contributed by atoms with Gasteiger partial charge in [0, 0.05) is 31.4 Å². The second-order valence-electron chi connectivity index (χ2n) is 10.4. The lowest BCUT2D eigenvalue weighted by molar-refractivity contribution is -0.134. The van der Waals surface area contributed by atoms with E-state index in [1.807, 2.05) is 4.90 Å². The van der Waals surface area contributed by atoms with E-state index in [0.717, 1.165) is 51.7 Å². The highest BCUT2D eigenvalue weighted by Crippen LogP contribution is 2.25. The van der Waals surface area contributed by atoms with Crippen molar-refractivity contribution < 1.29 is 4.79 Å². The van der Waals surface area contributed by atoms with Crippen molar-refractivity contribution in [2.75, 3.05) is 24.5 Å². The van der Waals surface area contributed by atoms with Gasteiger partial charge in [-0.05, 0) is 75.1 Å². The first-order chi connectivity index (χ1) is 16.3. The van der Waals surface area contributed by atoms with Crippen LogP contribution in [-0.4, -0.2) is 42.5 Å². The number of rotatable bonds is 10. The number of allylic oxidation sites excluding steroid dienone is 1. The van der Waals surface area contributed by atoms with E-state index in [1.165, 1.54) is 22.4 Å². The molecule has 3 rings (SSSR count). The van der Waals surface area contributed by atoms with E-state index in [-0.39, 0.29) is 11.9 Å². The van der Waals surface area contributed by atoms with Crippen LogP contribution in [0.15, 0.2) is 66.2 Å². The summed E-state index contributed by atoms with van der Waals surface area (Å²) in [6, 6.07) is 19.8. The molecule has 4 nitrogen and oxygen atoms in total. The first kappa shape index (κ1) is 26.0. The number of hydrogen-bond acceptors (Lipinski definition) is 3. The minimum Gasteiger partial charge on any atom is -0.365 e. The molecule has 0 bridgehead atoms. The van der Waals surface area contributed by atoms with Gasteiger partial charge < -0.3 is 15.5 Å². The molecule has 2 aromatic carbocycles. The van der Waals surface area contributed by atoms with E-state index >= 15 is 0 Å². The number of carbonyl (C=O) groups excluding carboxylic acids is 1. The molecule has 1 heterocycles. The number of nitrogens with two attached hydrogens (primary N) is 1. The number of amides is 1. The van der Waals surface area contributed by atoms with Gasteiger partial charge in [0.05, 0.1) is 6.04 Å². The molecular formula is C30H43N3O. The fourth-order valence-corrected chi connectivity index (χ4v) is 4.77. The van der Waals surface area contributed by atoms with Gasteiger partial charge >= 0.3 is 0 Å². The topological polar surface area (TPSA) is 49.6 Å². The molecule has 0 radical (unpaired) electrons. The molecule has 0 spiro atoms. The summed E-state index contributed by atoms with van der Waals surface area (Å²) >= 11 is 0. The lowest BCUT2D eigenvalue weighted by atomic mass is 9.98. The number of carbonyl (C=O) groups is 1. The SMILES string of the molecule is CC(C)=CCN(c1ccc(CCc2ccccc2)cc1)C1CCN(C(=O)[C@@H](N)CC(C)C)CC1. The highest BCUT2D eigenvalue weighted by Gasteiger charge is 2.29. The zero-order valence-corrected chi connectivity index (χ0v) is 21.5. The summed E-state index contributed by atoms with van der Waals surface area (Å²) < 4.78 is 0. The summed E-state index contributed by atoms with van der Waals surface area (Å²) in [5, 5.41) is 0.